The van der Waals surface area contributed by atoms with Crippen LogP contribution in [0.5, 0.6) is 0 Å². The van der Waals surface area contributed by atoms with E-state index in [0.717, 1.165) is 38.9 Å². The molecular weight excluding hydrogens is 268 g/mol. The smallest absolute Gasteiger partial charge is 0.279 e. The zero-order valence-corrected chi connectivity index (χ0v) is 12.1. The first-order valence-corrected chi connectivity index (χ1v) is 8.49. The van der Waals surface area contributed by atoms with Crippen molar-refractivity contribution in [2.75, 3.05) is 39.5 Å². The zero-order valence-electron chi connectivity index (χ0n) is 11.3. The molecule has 112 valence electrons. The van der Waals surface area contributed by atoms with Crippen molar-refractivity contribution < 1.29 is 18.3 Å². The molecule has 2 aliphatic heterocycles. The Kier molecular flexibility index (Phi) is 5.58. The molecule has 1 atom stereocenters. The van der Waals surface area contributed by atoms with Crippen molar-refractivity contribution in [3.05, 3.63) is 0 Å². The van der Waals surface area contributed by atoms with Gasteiger partial charge in [-0.15, -0.1) is 0 Å². The highest BCUT2D eigenvalue weighted by molar-refractivity contribution is 7.87. The summed E-state index contributed by atoms with van der Waals surface area (Å²) < 4.78 is 33.8. The van der Waals surface area contributed by atoms with E-state index < -0.39 is 10.2 Å². The van der Waals surface area contributed by atoms with E-state index in [0.29, 0.717) is 25.6 Å². The lowest BCUT2D eigenvalue weighted by Gasteiger charge is -2.31. The quantitative estimate of drug-likeness (QED) is 0.745. The van der Waals surface area contributed by atoms with Crippen LogP contribution in [0.4, 0.5) is 0 Å². The fraction of sp³-hybridized carbons (Fsp3) is 1.00. The van der Waals surface area contributed by atoms with Gasteiger partial charge in [-0.1, -0.05) is 0 Å². The standard InChI is InChI=1S/C12H24N2O4S/c15-10-12-2-1-5-14(9-12)19(16,17)13-8-11-3-6-18-7-4-11/h11-13,15H,1-10H2. The lowest BCUT2D eigenvalue weighted by atomic mass is 10.0. The van der Waals surface area contributed by atoms with E-state index in [1.807, 2.05) is 0 Å². The topological polar surface area (TPSA) is 78.9 Å². The largest absolute Gasteiger partial charge is 0.396 e. The Morgan fingerprint density at radius 2 is 1.95 bits per heavy atom. The molecular formula is C12H24N2O4S. The van der Waals surface area contributed by atoms with Gasteiger partial charge in [0.05, 0.1) is 0 Å². The van der Waals surface area contributed by atoms with Gasteiger partial charge in [0.2, 0.25) is 0 Å². The van der Waals surface area contributed by atoms with Crippen LogP contribution in [0.1, 0.15) is 25.7 Å². The van der Waals surface area contributed by atoms with Gasteiger partial charge in [-0.05, 0) is 37.5 Å². The molecule has 2 N–H and O–H groups in total. The molecule has 2 aliphatic rings. The van der Waals surface area contributed by atoms with Crippen molar-refractivity contribution in [3.8, 4) is 0 Å². The summed E-state index contributed by atoms with van der Waals surface area (Å²) in [5, 5.41) is 9.15. The van der Waals surface area contributed by atoms with Crippen molar-refractivity contribution in [1.29, 1.82) is 0 Å². The first-order chi connectivity index (χ1) is 9.12. The summed E-state index contributed by atoms with van der Waals surface area (Å²) in [5.41, 5.74) is 0. The molecule has 0 bridgehead atoms. The second kappa shape index (κ2) is 6.99. The SMILES string of the molecule is O=S(=O)(NCC1CCOCC1)N1CCCC(CO)C1. The van der Waals surface area contributed by atoms with Crippen LogP contribution in [0, 0.1) is 11.8 Å². The van der Waals surface area contributed by atoms with Gasteiger partial charge in [0, 0.05) is 39.5 Å². The molecule has 7 heteroatoms. The van der Waals surface area contributed by atoms with Gasteiger partial charge < -0.3 is 9.84 Å². The second-order valence-corrected chi connectivity index (χ2v) is 7.21. The van der Waals surface area contributed by atoms with E-state index in [1.54, 1.807) is 0 Å². The number of hydrogen-bond acceptors (Lipinski definition) is 4. The van der Waals surface area contributed by atoms with Crippen molar-refractivity contribution >= 4 is 10.2 Å². The third kappa shape index (κ3) is 4.39. The van der Waals surface area contributed by atoms with Gasteiger partial charge in [-0.3, -0.25) is 0 Å². The van der Waals surface area contributed by atoms with Crippen molar-refractivity contribution in [2.24, 2.45) is 11.8 Å². The molecule has 2 rings (SSSR count). The van der Waals surface area contributed by atoms with Crippen LogP contribution in [-0.4, -0.2) is 57.3 Å². The number of hydrogen-bond donors (Lipinski definition) is 2. The fourth-order valence-electron chi connectivity index (χ4n) is 2.66. The highest BCUT2D eigenvalue weighted by atomic mass is 32.2. The Hall–Kier alpha value is -0.210. The fourth-order valence-corrected chi connectivity index (χ4v) is 4.06. The number of piperidine rings is 1. The number of rotatable bonds is 5. The Bertz CT molecular complexity index is 368. The Morgan fingerprint density at radius 3 is 2.63 bits per heavy atom. The van der Waals surface area contributed by atoms with E-state index in [2.05, 4.69) is 4.72 Å². The van der Waals surface area contributed by atoms with E-state index in [-0.39, 0.29) is 12.5 Å². The van der Waals surface area contributed by atoms with Gasteiger partial charge in [0.15, 0.2) is 0 Å². The number of aliphatic hydroxyl groups is 1. The van der Waals surface area contributed by atoms with Crippen LogP contribution in [-0.2, 0) is 14.9 Å². The summed E-state index contributed by atoms with van der Waals surface area (Å²) in [6.45, 7) is 2.99. The Labute approximate surface area is 115 Å². The molecule has 0 aliphatic carbocycles. The monoisotopic (exact) mass is 292 g/mol. The van der Waals surface area contributed by atoms with Crippen molar-refractivity contribution in [1.82, 2.24) is 9.03 Å². The van der Waals surface area contributed by atoms with Crippen LogP contribution < -0.4 is 4.72 Å². The van der Waals surface area contributed by atoms with Crippen molar-refractivity contribution in [2.45, 2.75) is 25.7 Å². The summed E-state index contributed by atoms with van der Waals surface area (Å²) in [6, 6.07) is 0. The van der Waals surface area contributed by atoms with Crippen molar-refractivity contribution in [3.63, 3.8) is 0 Å². The first-order valence-electron chi connectivity index (χ1n) is 7.05. The molecule has 0 spiro atoms. The minimum atomic E-state index is -3.39. The maximum absolute atomic E-state index is 12.2. The second-order valence-electron chi connectivity index (χ2n) is 5.46. The maximum Gasteiger partial charge on any atom is 0.279 e. The van der Waals surface area contributed by atoms with Crippen LogP contribution in [0.2, 0.25) is 0 Å². The molecule has 6 nitrogen and oxygen atoms in total. The Morgan fingerprint density at radius 1 is 1.21 bits per heavy atom. The van der Waals surface area contributed by atoms with Gasteiger partial charge in [0.1, 0.15) is 0 Å². The normalized spacial score (nSPS) is 27.5. The van der Waals surface area contributed by atoms with Crippen LogP contribution in [0.3, 0.4) is 0 Å². The number of nitrogens with zero attached hydrogens (tertiary/aromatic N) is 1. The predicted octanol–water partition coefficient (Wildman–Crippen LogP) is -0.0483. The van der Waals surface area contributed by atoms with Crippen LogP contribution in [0.15, 0.2) is 0 Å². The van der Waals surface area contributed by atoms with Gasteiger partial charge in [0.25, 0.3) is 10.2 Å². The van der Waals surface area contributed by atoms with E-state index in [4.69, 9.17) is 9.84 Å². The van der Waals surface area contributed by atoms with Gasteiger partial charge in [-0.2, -0.15) is 12.7 Å². The third-order valence-electron chi connectivity index (χ3n) is 3.98. The zero-order chi connectivity index (χ0) is 13.7. The van der Waals surface area contributed by atoms with E-state index >= 15 is 0 Å². The van der Waals surface area contributed by atoms with Gasteiger partial charge >= 0.3 is 0 Å². The summed E-state index contributed by atoms with van der Waals surface area (Å²) >= 11 is 0. The first kappa shape index (κ1) is 15.2. The molecule has 0 saturated carbocycles. The van der Waals surface area contributed by atoms with E-state index in [1.165, 1.54) is 4.31 Å². The molecule has 0 radical (unpaired) electrons. The Balaban J connectivity index is 1.83. The highest BCUT2D eigenvalue weighted by Gasteiger charge is 2.29. The molecule has 2 saturated heterocycles. The lowest BCUT2D eigenvalue weighted by Crippen LogP contribution is -2.47. The summed E-state index contributed by atoms with van der Waals surface area (Å²) in [6.07, 6.45) is 3.56. The van der Waals surface area contributed by atoms with Gasteiger partial charge in [-0.25, -0.2) is 4.72 Å². The molecule has 19 heavy (non-hydrogen) atoms. The molecule has 0 amide bonds. The number of nitrogens with one attached hydrogen (secondary N) is 1. The predicted molar refractivity (Wildman–Crippen MR) is 71.8 cm³/mol. The average molecular weight is 292 g/mol. The highest BCUT2D eigenvalue weighted by Crippen LogP contribution is 2.19. The molecule has 0 aromatic carbocycles. The molecule has 0 aromatic heterocycles. The molecule has 0 aromatic rings. The average Bonchev–Trinajstić information content (AvgIpc) is 2.46. The molecule has 2 heterocycles. The van der Waals surface area contributed by atoms with E-state index in [9.17, 15) is 8.42 Å². The number of ether oxygens (including phenoxy) is 1. The summed E-state index contributed by atoms with van der Waals surface area (Å²) in [7, 11) is -3.39. The minimum absolute atomic E-state index is 0.0615. The lowest BCUT2D eigenvalue weighted by molar-refractivity contribution is 0.0676. The summed E-state index contributed by atoms with van der Waals surface area (Å²) in [5.74, 6) is 0.454. The summed E-state index contributed by atoms with van der Waals surface area (Å²) in [4.78, 5) is 0. The van der Waals surface area contributed by atoms with Crippen LogP contribution >= 0.6 is 0 Å². The molecule has 2 fully saturated rings. The van der Waals surface area contributed by atoms with Crippen LogP contribution in [0.25, 0.3) is 0 Å². The number of aliphatic hydroxyl groups excluding tert-OH is 1. The minimum Gasteiger partial charge on any atom is -0.396 e. The maximum atomic E-state index is 12.2. The molecule has 1 unspecified atom stereocenters. The third-order valence-corrected chi connectivity index (χ3v) is 5.52.